The number of aromatic nitrogens is 3. The van der Waals surface area contributed by atoms with Crippen molar-refractivity contribution in [1.29, 1.82) is 0 Å². The van der Waals surface area contributed by atoms with E-state index in [4.69, 9.17) is 4.74 Å². The molecular weight excluding hydrogens is 422 g/mol. The number of pyridine rings is 1. The summed E-state index contributed by atoms with van der Waals surface area (Å²) in [7, 11) is 1.31. The third-order valence-electron chi connectivity index (χ3n) is 4.45. The lowest BCUT2D eigenvalue weighted by molar-refractivity contribution is 0.0600. The molecule has 0 aromatic heterocycles. The summed E-state index contributed by atoms with van der Waals surface area (Å²) in [6, 6.07) is 15.0. The lowest BCUT2D eigenvalue weighted by Gasteiger charge is -2.11. The van der Waals surface area contributed by atoms with E-state index in [1.165, 1.54) is 11.8 Å². The van der Waals surface area contributed by atoms with Crippen molar-refractivity contribution in [3.05, 3.63) is 86.9 Å². The molecule has 2 aliphatic heterocycles. The van der Waals surface area contributed by atoms with Gasteiger partial charge in [-0.2, -0.15) is 9.78 Å². The number of rotatable bonds is 3. The fraction of sp³-hybridized carbons (Fsp3) is 0.0952. The van der Waals surface area contributed by atoms with E-state index in [1.54, 1.807) is 23.0 Å². The van der Waals surface area contributed by atoms with Crippen LogP contribution < -0.4 is 5.56 Å². The Balaban J connectivity index is 1.99. The first-order valence-corrected chi connectivity index (χ1v) is 9.33. The highest BCUT2D eigenvalue weighted by Gasteiger charge is 2.25. The number of halogens is 1. The van der Waals surface area contributed by atoms with Gasteiger partial charge in [-0.05, 0) is 48.9 Å². The Hall–Kier alpha value is -3.19. The highest BCUT2D eigenvalue weighted by molar-refractivity contribution is 9.10. The molecule has 0 amide bonds. The zero-order valence-electron chi connectivity index (χ0n) is 15.2. The third kappa shape index (κ3) is 3.14. The molecule has 0 saturated heterocycles. The van der Waals surface area contributed by atoms with Crippen molar-refractivity contribution in [3.63, 3.8) is 0 Å². The quantitative estimate of drug-likeness (QED) is 0.454. The number of carbonyl (C=O) groups excluding carboxylic acids is 1. The van der Waals surface area contributed by atoms with Gasteiger partial charge in [0, 0.05) is 22.6 Å². The van der Waals surface area contributed by atoms with Gasteiger partial charge in [0.1, 0.15) is 11.3 Å². The van der Waals surface area contributed by atoms with E-state index in [9.17, 15) is 9.59 Å². The molecule has 2 aromatic rings. The number of hydrogen-bond acceptors (Lipinski definition) is 4. The predicted octanol–water partition coefficient (Wildman–Crippen LogP) is 3.99. The molecule has 0 N–H and O–H groups in total. The van der Waals surface area contributed by atoms with Gasteiger partial charge in [-0.15, -0.1) is 0 Å². The van der Waals surface area contributed by atoms with Crippen molar-refractivity contribution in [3.8, 4) is 22.6 Å². The summed E-state index contributed by atoms with van der Waals surface area (Å²) >= 11 is 3.41. The zero-order chi connectivity index (χ0) is 19.8. The first-order valence-electron chi connectivity index (χ1n) is 8.54. The number of esters is 1. The summed E-state index contributed by atoms with van der Waals surface area (Å²) in [6.07, 6.45) is 3.32. The van der Waals surface area contributed by atoms with Gasteiger partial charge in [-0.25, -0.2) is 4.79 Å². The summed E-state index contributed by atoms with van der Waals surface area (Å²) < 4.78 is 8.89. The van der Waals surface area contributed by atoms with Crippen LogP contribution in [0.25, 0.3) is 22.6 Å². The number of carbonyl (C=O) groups is 1. The molecule has 6 nitrogen and oxygen atoms in total. The lowest BCUT2D eigenvalue weighted by Crippen LogP contribution is -2.15. The van der Waals surface area contributed by atoms with E-state index in [1.807, 2.05) is 49.4 Å². The van der Waals surface area contributed by atoms with Crippen LogP contribution in [0, 0.1) is 6.92 Å². The average molecular weight is 438 g/mol. The second-order valence-corrected chi connectivity index (χ2v) is 7.28. The van der Waals surface area contributed by atoms with Crippen LogP contribution in [0.3, 0.4) is 0 Å². The largest absolute Gasteiger partial charge is 0.465 e. The van der Waals surface area contributed by atoms with Crippen LogP contribution in [0.15, 0.2) is 70.2 Å². The Kier molecular flexibility index (Phi) is 4.60. The van der Waals surface area contributed by atoms with E-state index in [-0.39, 0.29) is 11.1 Å². The van der Waals surface area contributed by atoms with Gasteiger partial charge < -0.3 is 9.30 Å². The molecule has 0 unspecified atom stereocenters. The van der Waals surface area contributed by atoms with Gasteiger partial charge >= 0.3 is 5.97 Å². The first kappa shape index (κ1) is 18.2. The lowest BCUT2D eigenvalue weighted by atomic mass is 10.1. The SMILES string of the molecule is COC(=O)c1cn(-c2ccc(Br)cc2)cc2c(=O)n(-c3cccc(C)c3)nc1-2. The topological polar surface area (TPSA) is 66.1 Å². The Morgan fingerprint density at radius 1 is 1.07 bits per heavy atom. The molecule has 140 valence electrons. The van der Waals surface area contributed by atoms with Gasteiger partial charge in [-0.1, -0.05) is 28.1 Å². The molecule has 2 aromatic carbocycles. The Morgan fingerprint density at radius 2 is 1.82 bits per heavy atom. The van der Waals surface area contributed by atoms with Gasteiger partial charge in [0.25, 0.3) is 5.56 Å². The molecule has 0 spiro atoms. The van der Waals surface area contributed by atoms with E-state index in [2.05, 4.69) is 21.0 Å². The van der Waals surface area contributed by atoms with Crippen LogP contribution >= 0.6 is 15.9 Å². The minimum atomic E-state index is -0.551. The maximum atomic E-state index is 13.1. The zero-order valence-corrected chi connectivity index (χ0v) is 16.8. The molecule has 7 heteroatoms. The molecule has 0 saturated carbocycles. The summed E-state index contributed by atoms with van der Waals surface area (Å²) in [5.74, 6) is -0.551. The fourth-order valence-corrected chi connectivity index (χ4v) is 3.33. The highest BCUT2D eigenvalue weighted by Crippen LogP contribution is 2.25. The third-order valence-corrected chi connectivity index (χ3v) is 4.97. The fourth-order valence-electron chi connectivity index (χ4n) is 3.06. The average Bonchev–Trinajstić information content (AvgIpc) is 3.04. The summed E-state index contributed by atoms with van der Waals surface area (Å²) in [4.78, 5) is 25.5. The highest BCUT2D eigenvalue weighted by atomic mass is 79.9. The van der Waals surface area contributed by atoms with Crippen molar-refractivity contribution < 1.29 is 9.53 Å². The van der Waals surface area contributed by atoms with Crippen LogP contribution in [0.4, 0.5) is 0 Å². The Labute approximate surface area is 169 Å². The van der Waals surface area contributed by atoms with Crippen molar-refractivity contribution in [2.75, 3.05) is 7.11 Å². The van der Waals surface area contributed by atoms with Crippen molar-refractivity contribution in [1.82, 2.24) is 14.3 Å². The van der Waals surface area contributed by atoms with E-state index in [0.717, 1.165) is 15.7 Å². The maximum absolute atomic E-state index is 13.1. The van der Waals surface area contributed by atoms with Crippen LogP contribution in [0.2, 0.25) is 0 Å². The van der Waals surface area contributed by atoms with E-state index < -0.39 is 5.97 Å². The minimum absolute atomic E-state index is 0.228. The smallest absolute Gasteiger partial charge is 0.341 e. The van der Waals surface area contributed by atoms with Crippen LogP contribution in [0.1, 0.15) is 15.9 Å². The van der Waals surface area contributed by atoms with Gasteiger partial charge in [0.15, 0.2) is 0 Å². The van der Waals surface area contributed by atoms with E-state index in [0.29, 0.717) is 16.9 Å². The molecule has 0 radical (unpaired) electrons. The molecule has 2 heterocycles. The normalized spacial score (nSPS) is 11.0. The molecular formula is C21H16BrN3O3. The molecule has 0 bridgehead atoms. The number of fused-ring (bicyclic) bond motifs is 1. The second kappa shape index (κ2) is 7.09. The van der Waals surface area contributed by atoms with Gasteiger partial charge in [0.05, 0.1) is 18.4 Å². The van der Waals surface area contributed by atoms with Gasteiger partial charge in [0.2, 0.25) is 0 Å². The molecule has 0 fully saturated rings. The van der Waals surface area contributed by atoms with Gasteiger partial charge in [-0.3, -0.25) is 4.79 Å². The predicted molar refractivity (Wildman–Crippen MR) is 110 cm³/mol. The standard InChI is InChI=1S/C21H16BrN3O3/c1-13-4-3-5-16(10-13)25-20(26)17-11-24(15-8-6-14(22)7-9-15)12-18(19(17)23-25)21(27)28-2/h3-12H,1-2H3. The summed E-state index contributed by atoms with van der Waals surface area (Å²) in [5, 5.41) is 4.42. The Morgan fingerprint density at radius 3 is 2.50 bits per heavy atom. The second-order valence-electron chi connectivity index (χ2n) is 6.37. The molecule has 4 rings (SSSR count). The monoisotopic (exact) mass is 437 g/mol. The molecule has 0 atom stereocenters. The van der Waals surface area contributed by atoms with Crippen LogP contribution in [-0.4, -0.2) is 27.4 Å². The van der Waals surface area contributed by atoms with Crippen LogP contribution in [-0.2, 0) is 4.74 Å². The molecule has 0 aliphatic carbocycles. The van der Waals surface area contributed by atoms with Crippen LogP contribution in [0.5, 0.6) is 0 Å². The maximum Gasteiger partial charge on any atom is 0.341 e. The number of benzene rings is 2. The number of ether oxygens (including phenoxy) is 1. The van der Waals surface area contributed by atoms with E-state index >= 15 is 0 Å². The number of nitrogens with zero attached hydrogens (tertiary/aromatic N) is 3. The van der Waals surface area contributed by atoms with Crippen molar-refractivity contribution in [2.45, 2.75) is 6.92 Å². The first-order chi connectivity index (χ1) is 13.5. The molecule has 2 aliphatic rings. The number of methoxy groups -OCH3 is 1. The van der Waals surface area contributed by atoms with Crippen molar-refractivity contribution in [2.24, 2.45) is 0 Å². The molecule has 28 heavy (non-hydrogen) atoms. The minimum Gasteiger partial charge on any atom is -0.465 e. The summed E-state index contributed by atoms with van der Waals surface area (Å²) in [6.45, 7) is 1.94. The Bertz CT molecular complexity index is 1210. The van der Waals surface area contributed by atoms with Crippen molar-refractivity contribution >= 4 is 21.9 Å². The number of hydrogen-bond donors (Lipinski definition) is 0. The number of aryl methyl sites for hydroxylation is 1. The summed E-state index contributed by atoms with van der Waals surface area (Å²) in [5.41, 5.74) is 3.04.